The van der Waals surface area contributed by atoms with E-state index in [2.05, 4.69) is 15.3 Å². The van der Waals surface area contributed by atoms with Crippen LogP contribution >= 0.6 is 22.9 Å². The first kappa shape index (κ1) is 15.1. The third kappa shape index (κ3) is 3.87. The number of aromatic nitrogens is 2. The minimum atomic E-state index is 0.0561. The molecule has 6 heteroatoms. The molecule has 0 unspecified atom stereocenters. The molecule has 4 nitrogen and oxygen atoms in total. The number of thiophene rings is 1. The van der Waals surface area contributed by atoms with Crippen molar-refractivity contribution < 1.29 is 4.79 Å². The van der Waals surface area contributed by atoms with Crippen LogP contribution in [0.2, 0.25) is 4.34 Å². The minimum Gasteiger partial charge on any atom is -0.351 e. The molecular weight excluding hydrogens is 318 g/mol. The van der Waals surface area contributed by atoms with Crippen LogP contribution in [0.3, 0.4) is 0 Å². The first-order valence-corrected chi connectivity index (χ1v) is 8.35. The molecule has 0 spiro atoms. The summed E-state index contributed by atoms with van der Waals surface area (Å²) in [6.45, 7) is 0.543. The Morgan fingerprint density at radius 3 is 2.91 bits per heavy atom. The standard InChI is InChI=1S/C16H16ClN3OS/c17-14-9-8-11(22-14)10-18-16(21)7-3-6-15-19-12-4-1-2-5-13(12)20-15/h1-2,4-5,8-9H,3,6-7,10H2,(H,18,21)(H,19,20). The van der Waals surface area contributed by atoms with Crippen LogP contribution in [-0.4, -0.2) is 15.9 Å². The number of hydrogen-bond acceptors (Lipinski definition) is 3. The van der Waals surface area contributed by atoms with E-state index in [1.807, 2.05) is 36.4 Å². The summed E-state index contributed by atoms with van der Waals surface area (Å²) in [6.07, 6.45) is 2.04. The number of H-pyrrole nitrogens is 1. The Labute approximate surface area is 137 Å². The second kappa shape index (κ2) is 6.94. The molecule has 0 radical (unpaired) electrons. The number of benzene rings is 1. The Morgan fingerprint density at radius 2 is 2.14 bits per heavy atom. The van der Waals surface area contributed by atoms with Crippen LogP contribution in [0.25, 0.3) is 11.0 Å². The van der Waals surface area contributed by atoms with E-state index in [1.165, 1.54) is 11.3 Å². The summed E-state index contributed by atoms with van der Waals surface area (Å²) in [6, 6.07) is 11.7. The molecule has 2 heterocycles. The third-order valence-electron chi connectivity index (χ3n) is 3.34. The van der Waals surface area contributed by atoms with Crippen molar-refractivity contribution in [1.82, 2.24) is 15.3 Å². The molecule has 0 aliphatic rings. The van der Waals surface area contributed by atoms with Crippen molar-refractivity contribution >= 4 is 39.9 Å². The number of para-hydroxylation sites is 2. The van der Waals surface area contributed by atoms with Crippen LogP contribution in [0.5, 0.6) is 0 Å². The lowest BCUT2D eigenvalue weighted by Crippen LogP contribution is -2.22. The van der Waals surface area contributed by atoms with Gasteiger partial charge in [0, 0.05) is 17.7 Å². The highest BCUT2D eigenvalue weighted by atomic mass is 35.5. The van der Waals surface area contributed by atoms with E-state index in [4.69, 9.17) is 11.6 Å². The molecule has 114 valence electrons. The largest absolute Gasteiger partial charge is 0.351 e. The van der Waals surface area contributed by atoms with Gasteiger partial charge in [-0.3, -0.25) is 4.79 Å². The number of carbonyl (C=O) groups excluding carboxylic acids is 1. The normalized spacial score (nSPS) is 11.0. The molecule has 2 N–H and O–H groups in total. The number of rotatable bonds is 6. The summed E-state index contributed by atoms with van der Waals surface area (Å²) in [7, 11) is 0. The fourth-order valence-corrected chi connectivity index (χ4v) is 3.29. The highest BCUT2D eigenvalue weighted by molar-refractivity contribution is 7.16. The third-order valence-corrected chi connectivity index (χ3v) is 4.58. The first-order valence-electron chi connectivity index (χ1n) is 7.15. The summed E-state index contributed by atoms with van der Waals surface area (Å²) in [5, 5.41) is 2.91. The summed E-state index contributed by atoms with van der Waals surface area (Å²) < 4.78 is 0.745. The molecule has 2 aromatic heterocycles. The Bertz CT molecular complexity index is 747. The van der Waals surface area contributed by atoms with Gasteiger partial charge in [-0.15, -0.1) is 11.3 Å². The van der Waals surface area contributed by atoms with Gasteiger partial charge in [-0.1, -0.05) is 23.7 Å². The highest BCUT2D eigenvalue weighted by Gasteiger charge is 2.06. The monoisotopic (exact) mass is 333 g/mol. The number of imidazole rings is 1. The van der Waals surface area contributed by atoms with Crippen LogP contribution in [-0.2, 0) is 17.8 Å². The summed E-state index contributed by atoms with van der Waals surface area (Å²) in [5.41, 5.74) is 2.01. The zero-order valence-corrected chi connectivity index (χ0v) is 13.5. The van der Waals surface area contributed by atoms with E-state index in [0.29, 0.717) is 13.0 Å². The van der Waals surface area contributed by atoms with Gasteiger partial charge < -0.3 is 10.3 Å². The van der Waals surface area contributed by atoms with Gasteiger partial charge in [-0.05, 0) is 30.7 Å². The van der Waals surface area contributed by atoms with E-state index in [0.717, 1.165) is 38.9 Å². The van der Waals surface area contributed by atoms with Crippen molar-refractivity contribution in [1.29, 1.82) is 0 Å². The number of nitrogens with zero attached hydrogens (tertiary/aromatic N) is 1. The van der Waals surface area contributed by atoms with Crippen LogP contribution in [0.4, 0.5) is 0 Å². The smallest absolute Gasteiger partial charge is 0.220 e. The molecule has 3 rings (SSSR count). The zero-order chi connectivity index (χ0) is 15.4. The molecule has 3 aromatic rings. The second-order valence-corrected chi connectivity index (χ2v) is 6.84. The number of hydrogen-bond donors (Lipinski definition) is 2. The fraction of sp³-hybridized carbons (Fsp3) is 0.250. The van der Waals surface area contributed by atoms with E-state index in [9.17, 15) is 4.79 Å². The van der Waals surface area contributed by atoms with Gasteiger partial charge in [0.1, 0.15) is 5.82 Å². The lowest BCUT2D eigenvalue weighted by molar-refractivity contribution is -0.121. The van der Waals surface area contributed by atoms with Crippen molar-refractivity contribution in [3.63, 3.8) is 0 Å². The molecule has 1 amide bonds. The quantitative estimate of drug-likeness (QED) is 0.718. The average Bonchev–Trinajstić information content (AvgIpc) is 3.10. The van der Waals surface area contributed by atoms with Gasteiger partial charge in [0.05, 0.1) is 21.9 Å². The first-order chi connectivity index (χ1) is 10.7. The van der Waals surface area contributed by atoms with E-state index in [-0.39, 0.29) is 5.91 Å². The lowest BCUT2D eigenvalue weighted by atomic mass is 10.2. The van der Waals surface area contributed by atoms with Crippen molar-refractivity contribution in [3.8, 4) is 0 Å². The van der Waals surface area contributed by atoms with Gasteiger partial charge in [0.2, 0.25) is 5.91 Å². The molecule has 0 saturated heterocycles. The summed E-state index contributed by atoms with van der Waals surface area (Å²) in [4.78, 5) is 20.7. The Kier molecular flexibility index (Phi) is 4.75. The fourth-order valence-electron chi connectivity index (χ4n) is 2.26. The minimum absolute atomic E-state index is 0.0561. The predicted molar refractivity (Wildman–Crippen MR) is 90.2 cm³/mol. The maximum absolute atomic E-state index is 11.8. The molecule has 0 aliphatic heterocycles. The molecule has 0 atom stereocenters. The maximum atomic E-state index is 11.8. The predicted octanol–water partition coefficient (Wildman–Crippen LogP) is 3.92. The number of aryl methyl sites for hydroxylation is 1. The van der Waals surface area contributed by atoms with Gasteiger partial charge in [-0.2, -0.15) is 0 Å². The number of amides is 1. The Balaban J connectivity index is 1.43. The number of halogens is 1. The summed E-state index contributed by atoms with van der Waals surface area (Å²) >= 11 is 7.34. The molecule has 0 bridgehead atoms. The zero-order valence-electron chi connectivity index (χ0n) is 11.9. The molecule has 1 aromatic carbocycles. The average molecular weight is 334 g/mol. The van der Waals surface area contributed by atoms with Crippen molar-refractivity contribution in [2.75, 3.05) is 0 Å². The van der Waals surface area contributed by atoms with Crippen LogP contribution in [0.15, 0.2) is 36.4 Å². The van der Waals surface area contributed by atoms with Crippen molar-refractivity contribution in [2.24, 2.45) is 0 Å². The number of carbonyl (C=O) groups is 1. The molecule has 0 fully saturated rings. The molecule has 22 heavy (non-hydrogen) atoms. The maximum Gasteiger partial charge on any atom is 0.220 e. The Morgan fingerprint density at radius 1 is 1.27 bits per heavy atom. The summed E-state index contributed by atoms with van der Waals surface area (Å²) in [5.74, 6) is 0.986. The number of nitrogens with one attached hydrogen (secondary N) is 2. The Hall–Kier alpha value is -1.85. The molecule has 0 saturated carbocycles. The van der Waals surface area contributed by atoms with Gasteiger partial charge in [0.25, 0.3) is 0 Å². The second-order valence-electron chi connectivity index (χ2n) is 5.04. The van der Waals surface area contributed by atoms with E-state index < -0.39 is 0 Å². The SMILES string of the molecule is O=C(CCCc1nc2ccccc2[nH]1)NCc1ccc(Cl)s1. The van der Waals surface area contributed by atoms with E-state index in [1.54, 1.807) is 0 Å². The molecular formula is C16H16ClN3OS. The number of fused-ring (bicyclic) bond motifs is 1. The van der Waals surface area contributed by atoms with Crippen molar-refractivity contribution in [2.45, 2.75) is 25.8 Å². The van der Waals surface area contributed by atoms with Gasteiger partial charge in [0.15, 0.2) is 0 Å². The van der Waals surface area contributed by atoms with Crippen LogP contribution < -0.4 is 5.32 Å². The lowest BCUT2D eigenvalue weighted by Gasteiger charge is -2.02. The molecule has 0 aliphatic carbocycles. The van der Waals surface area contributed by atoms with Crippen molar-refractivity contribution in [3.05, 3.63) is 51.4 Å². The van der Waals surface area contributed by atoms with Crippen LogP contribution in [0, 0.1) is 0 Å². The van der Waals surface area contributed by atoms with Gasteiger partial charge >= 0.3 is 0 Å². The number of aromatic amines is 1. The topological polar surface area (TPSA) is 57.8 Å². The van der Waals surface area contributed by atoms with Crippen LogP contribution in [0.1, 0.15) is 23.5 Å². The van der Waals surface area contributed by atoms with Gasteiger partial charge in [-0.25, -0.2) is 4.98 Å². The highest BCUT2D eigenvalue weighted by Crippen LogP contribution is 2.21. The van der Waals surface area contributed by atoms with E-state index >= 15 is 0 Å².